The van der Waals surface area contributed by atoms with E-state index in [9.17, 15) is 10.1 Å². The Labute approximate surface area is 158 Å². The number of hydrogen-bond donors (Lipinski definition) is 2. The lowest BCUT2D eigenvalue weighted by Crippen LogP contribution is -2.07. The van der Waals surface area contributed by atoms with Crippen molar-refractivity contribution in [3.05, 3.63) is 47.2 Å². The predicted octanol–water partition coefficient (Wildman–Crippen LogP) is 3.89. The van der Waals surface area contributed by atoms with Crippen molar-refractivity contribution >= 4 is 34.1 Å². The van der Waals surface area contributed by atoms with E-state index in [1.807, 2.05) is 18.4 Å². The number of pyridine rings is 2. The summed E-state index contributed by atoms with van der Waals surface area (Å²) in [6.07, 6.45) is 3.25. The first-order valence-electron chi connectivity index (χ1n) is 8.14. The molecule has 0 fully saturated rings. The minimum Gasteiger partial charge on any atom is -0.352 e. The highest BCUT2D eigenvalue weighted by Gasteiger charge is 2.20. The normalized spacial score (nSPS) is 10.7. The van der Waals surface area contributed by atoms with Crippen molar-refractivity contribution in [2.24, 2.45) is 0 Å². The molecule has 0 aliphatic carbocycles. The molecule has 0 aliphatic heterocycles. The van der Waals surface area contributed by atoms with Crippen LogP contribution in [0, 0.1) is 18.3 Å². The fraction of sp³-hybridized carbons (Fsp3) is 0.105. The van der Waals surface area contributed by atoms with E-state index in [0.717, 1.165) is 27.5 Å². The fourth-order valence-electron chi connectivity index (χ4n) is 2.91. The number of nitrogens with one attached hydrogen (secondary N) is 2. The van der Waals surface area contributed by atoms with Crippen LogP contribution >= 0.6 is 11.3 Å². The number of H-pyrrole nitrogens is 1. The number of anilines is 1. The number of nitriles is 1. The quantitative estimate of drug-likeness (QED) is 0.566. The Morgan fingerprint density at radius 3 is 2.81 bits per heavy atom. The molecule has 0 atom stereocenters. The van der Waals surface area contributed by atoms with Crippen LogP contribution < -0.4 is 5.32 Å². The molecule has 4 aromatic rings. The average molecular weight is 374 g/mol. The maximum absolute atomic E-state index is 11.4. The molecule has 0 radical (unpaired) electrons. The Morgan fingerprint density at radius 2 is 2.11 bits per heavy atom. The van der Waals surface area contributed by atoms with Crippen molar-refractivity contribution < 1.29 is 4.79 Å². The van der Waals surface area contributed by atoms with Gasteiger partial charge in [-0.3, -0.25) is 9.78 Å². The summed E-state index contributed by atoms with van der Waals surface area (Å²) in [5.41, 5.74) is 5.21. The van der Waals surface area contributed by atoms with Gasteiger partial charge in [0.1, 0.15) is 22.4 Å². The zero-order chi connectivity index (χ0) is 19.0. The lowest BCUT2D eigenvalue weighted by molar-refractivity contribution is -0.114. The SMILES string of the molecule is CC(=O)Nc1cc(-c2[nH]c3c(C#N)ccnc3c2-c2nc(C)cs2)ccn1. The van der Waals surface area contributed by atoms with Crippen molar-refractivity contribution in [3.8, 4) is 27.9 Å². The molecule has 2 N–H and O–H groups in total. The Morgan fingerprint density at radius 1 is 1.30 bits per heavy atom. The van der Waals surface area contributed by atoms with Gasteiger partial charge in [-0.15, -0.1) is 11.3 Å². The molecular weight excluding hydrogens is 360 g/mol. The average Bonchev–Trinajstić information content (AvgIpc) is 3.24. The van der Waals surface area contributed by atoms with Crippen LogP contribution in [0.5, 0.6) is 0 Å². The standard InChI is InChI=1S/C19H14N6OS/c1-10-9-27-19(23-10)15-16(12-3-5-21-14(7-12)24-11(2)26)25-17-13(8-20)4-6-22-18(15)17/h3-7,9,25H,1-2H3,(H,21,24,26). The molecule has 0 aliphatic rings. The second-order valence-corrected chi connectivity index (χ2v) is 6.83. The number of rotatable bonds is 3. The van der Waals surface area contributed by atoms with Crippen molar-refractivity contribution in [2.75, 3.05) is 5.32 Å². The molecule has 4 heterocycles. The number of hydrogen-bond acceptors (Lipinski definition) is 6. The lowest BCUT2D eigenvalue weighted by atomic mass is 10.1. The van der Waals surface area contributed by atoms with Gasteiger partial charge in [-0.05, 0) is 25.1 Å². The number of carbonyl (C=O) groups is 1. The number of aromatic amines is 1. The van der Waals surface area contributed by atoms with E-state index in [1.54, 1.807) is 24.5 Å². The maximum atomic E-state index is 11.4. The molecule has 0 saturated carbocycles. The monoisotopic (exact) mass is 374 g/mol. The topological polar surface area (TPSA) is 107 Å². The predicted molar refractivity (Wildman–Crippen MR) is 104 cm³/mol. The number of carbonyl (C=O) groups excluding carboxylic acids is 1. The second-order valence-electron chi connectivity index (χ2n) is 5.97. The van der Waals surface area contributed by atoms with Crippen LogP contribution in [-0.4, -0.2) is 25.8 Å². The smallest absolute Gasteiger partial charge is 0.222 e. The molecule has 1 amide bonds. The van der Waals surface area contributed by atoms with E-state index < -0.39 is 0 Å². The van der Waals surface area contributed by atoms with E-state index >= 15 is 0 Å². The zero-order valence-electron chi connectivity index (χ0n) is 14.6. The third-order valence-electron chi connectivity index (χ3n) is 3.99. The third kappa shape index (κ3) is 3.05. The number of aromatic nitrogens is 4. The molecule has 7 nitrogen and oxygen atoms in total. The molecule has 0 unspecified atom stereocenters. The molecule has 4 aromatic heterocycles. The molecule has 0 bridgehead atoms. The third-order valence-corrected chi connectivity index (χ3v) is 4.97. The van der Waals surface area contributed by atoms with Crippen molar-refractivity contribution in [1.82, 2.24) is 19.9 Å². The first-order valence-corrected chi connectivity index (χ1v) is 9.02. The summed E-state index contributed by atoms with van der Waals surface area (Å²) in [5, 5.41) is 14.9. The summed E-state index contributed by atoms with van der Waals surface area (Å²) in [5.74, 6) is 0.258. The van der Waals surface area contributed by atoms with Gasteiger partial charge < -0.3 is 10.3 Å². The van der Waals surface area contributed by atoms with Gasteiger partial charge in [0.15, 0.2) is 0 Å². The second kappa shape index (κ2) is 6.63. The maximum Gasteiger partial charge on any atom is 0.222 e. The zero-order valence-corrected chi connectivity index (χ0v) is 15.4. The molecular formula is C19H14N6OS. The van der Waals surface area contributed by atoms with Crippen molar-refractivity contribution in [1.29, 1.82) is 5.26 Å². The van der Waals surface area contributed by atoms with Crippen LogP contribution in [0.25, 0.3) is 32.9 Å². The van der Waals surface area contributed by atoms with Gasteiger partial charge in [0.05, 0.1) is 22.3 Å². The minimum atomic E-state index is -0.194. The van der Waals surface area contributed by atoms with Gasteiger partial charge in [0.2, 0.25) is 5.91 Å². The number of nitrogens with zero attached hydrogens (tertiary/aromatic N) is 4. The number of aryl methyl sites for hydroxylation is 1. The van der Waals surface area contributed by atoms with Gasteiger partial charge in [0, 0.05) is 36.0 Å². The molecule has 4 rings (SSSR count). The number of amides is 1. The summed E-state index contributed by atoms with van der Waals surface area (Å²) >= 11 is 1.52. The van der Waals surface area contributed by atoms with Crippen LogP contribution in [0.4, 0.5) is 5.82 Å². The molecule has 132 valence electrons. The highest BCUT2D eigenvalue weighted by atomic mass is 32.1. The molecule has 0 aromatic carbocycles. The number of thiazole rings is 1. The summed E-state index contributed by atoms with van der Waals surface area (Å²) < 4.78 is 0. The van der Waals surface area contributed by atoms with Crippen LogP contribution in [0.2, 0.25) is 0 Å². The van der Waals surface area contributed by atoms with Gasteiger partial charge in [-0.2, -0.15) is 5.26 Å². The lowest BCUT2D eigenvalue weighted by Gasteiger charge is -2.05. The highest BCUT2D eigenvalue weighted by Crippen LogP contribution is 2.39. The van der Waals surface area contributed by atoms with Crippen molar-refractivity contribution in [3.63, 3.8) is 0 Å². The Hall–Kier alpha value is -3.57. The summed E-state index contributed by atoms with van der Waals surface area (Å²) in [6.45, 7) is 3.37. The van der Waals surface area contributed by atoms with Crippen LogP contribution in [-0.2, 0) is 4.79 Å². The van der Waals surface area contributed by atoms with E-state index in [4.69, 9.17) is 0 Å². The first kappa shape index (κ1) is 16.9. The van der Waals surface area contributed by atoms with Gasteiger partial charge in [0.25, 0.3) is 0 Å². The van der Waals surface area contributed by atoms with Gasteiger partial charge >= 0.3 is 0 Å². The Kier molecular flexibility index (Phi) is 4.14. The summed E-state index contributed by atoms with van der Waals surface area (Å²) in [7, 11) is 0. The highest BCUT2D eigenvalue weighted by molar-refractivity contribution is 7.13. The van der Waals surface area contributed by atoms with Crippen LogP contribution in [0.15, 0.2) is 36.0 Å². The van der Waals surface area contributed by atoms with E-state index in [0.29, 0.717) is 22.4 Å². The van der Waals surface area contributed by atoms with Crippen LogP contribution in [0.3, 0.4) is 0 Å². The minimum absolute atomic E-state index is 0.194. The molecule has 0 saturated heterocycles. The van der Waals surface area contributed by atoms with E-state index in [-0.39, 0.29) is 5.91 Å². The van der Waals surface area contributed by atoms with Gasteiger partial charge in [-0.25, -0.2) is 9.97 Å². The first-order chi connectivity index (χ1) is 13.1. The van der Waals surface area contributed by atoms with E-state index in [2.05, 4.69) is 31.3 Å². The largest absolute Gasteiger partial charge is 0.352 e. The molecule has 8 heteroatoms. The summed E-state index contributed by atoms with van der Waals surface area (Å²) in [6, 6.07) is 7.49. The van der Waals surface area contributed by atoms with Crippen molar-refractivity contribution in [2.45, 2.75) is 13.8 Å². The Bertz CT molecular complexity index is 1220. The molecule has 0 spiro atoms. The van der Waals surface area contributed by atoms with Gasteiger partial charge in [-0.1, -0.05) is 0 Å². The molecule has 27 heavy (non-hydrogen) atoms. The fourth-order valence-corrected chi connectivity index (χ4v) is 3.75. The van der Waals surface area contributed by atoms with E-state index in [1.165, 1.54) is 18.3 Å². The van der Waals surface area contributed by atoms with Crippen LogP contribution in [0.1, 0.15) is 18.2 Å². The summed E-state index contributed by atoms with van der Waals surface area (Å²) in [4.78, 5) is 28.0. The Balaban J connectivity index is 2.00. The number of fused-ring (bicyclic) bond motifs is 1.